The number of nitrogens with zero attached hydrogens (tertiary/aromatic N) is 1. The number of rotatable bonds is 22. The fraction of sp³-hybridized carbons (Fsp3) is 0.897. The highest BCUT2D eigenvalue weighted by molar-refractivity contribution is 5.71. The maximum absolute atomic E-state index is 12.4. The maximum Gasteiger partial charge on any atom is 0.407 e. The molecular weight excluding hydrogens is 472 g/mol. The first kappa shape index (κ1) is 33.2. The van der Waals surface area contributed by atoms with Crippen molar-refractivity contribution >= 4 is 18.0 Å². The molecule has 0 aliphatic carbocycles. The Morgan fingerprint density at radius 1 is 0.730 bits per heavy atom. The molecule has 1 atom stereocenters. The number of hydrogen-bond acceptors (Lipinski definition) is 7. The van der Waals surface area contributed by atoms with Gasteiger partial charge in [0.1, 0.15) is 13.2 Å². The second kappa shape index (κ2) is 20.2. The molecule has 0 radical (unpaired) electrons. The zero-order valence-electron chi connectivity index (χ0n) is 24.1. The number of amides is 1. The van der Waals surface area contributed by atoms with Crippen molar-refractivity contribution in [2.75, 3.05) is 33.4 Å². The predicted octanol–water partition coefficient (Wildman–Crippen LogP) is 6.15. The van der Waals surface area contributed by atoms with E-state index < -0.39 is 12.2 Å². The van der Waals surface area contributed by atoms with Crippen molar-refractivity contribution < 1.29 is 28.6 Å². The summed E-state index contributed by atoms with van der Waals surface area (Å²) in [5, 5.41) is 2.86. The van der Waals surface area contributed by atoms with E-state index in [-0.39, 0.29) is 30.7 Å². The minimum absolute atomic E-state index is 0.106. The monoisotopic (exact) mass is 526 g/mol. The number of unbranched alkanes of at least 4 members (excludes halogenated alkanes) is 12. The highest BCUT2D eigenvalue weighted by atomic mass is 16.6. The Labute approximate surface area is 225 Å². The van der Waals surface area contributed by atoms with Crippen molar-refractivity contribution in [2.45, 2.75) is 135 Å². The molecule has 1 unspecified atom stereocenters. The first-order valence-electron chi connectivity index (χ1n) is 14.8. The number of likely N-dealkylation sites (tertiary alicyclic amines) is 1. The third kappa shape index (κ3) is 17.3. The number of alkyl carbamates (subject to hydrolysis) is 1. The Morgan fingerprint density at radius 3 is 1.70 bits per heavy atom. The van der Waals surface area contributed by atoms with Crippen LogP contribution < -0.4 is 5.32 Å². The average Bonchev–Trinajstić information content (AvgIpc) is 2.83. The van der Waals surface area contributed by atoms with Crippen LogP contribution in [0.25, 0.3) is 0 Å². The molecule has 37 heavy (non-hydrogen) atoms. The molecule has 1 fully saturated rings. The average molecular weight is 527 g/mol. The number of nitrogens with one attached hydrogen (secondary N) is 1. The molecule has 1 saturated heterocycles. The van der Waals surface area contributed by atoms with Gasteiger partial charge < -0.3 is 24.4 Å². The molecule has 1 rings (SSSR count). The van der Waals surface area contributed by atoms with Crippen LogP contribution in [-0.4, -0.2) is 67.9 Å². The zero-order chi connectivity index (χ0) is 27.4. The number of carbonyl (C=O) groups excluding carboxylic acids is 3. The molecule has 1 aliphatic rings. The summed E-state index contributed by atoms with van der Waals surface area (Å²) in [6, 6.07) is 0. The van der Waals surface area contributed by atoms with E-state index in [0.717, 1.165) is 51.6 Å². The van der Waals surface area contributed by atoms with Crippen molar-refractivity contribution in [1.29, 1.82) is 0 Å². The molecule has 0 saturated carbocycles. The number of esters is 2. The van der Waals surface area contributed by atoms with Crippen LogP contribution in [0.15, 0.2) is 0 Å². The Hall–Kier alpha value is -1.83. The van der Waals surface area contributed by atoms with Gasteiger partial charge in [-0.15, -0.1) is 0 Å². The standard InChI is InChI=1S/C29H54N2O6/c1-5-7-9-11-13-15-17-19-26(32)35-21-25(22-36-28(34)30-29(3)23-31(4)24-29)37-27(33)20-18-16-14-12-10-8-6-2/h25H,5-24H2,1-4H3,(H,30,34). The van der Waals surface area contributed by atoms with Crippen LogP contribution >= 0.6 is 0 Å². The third-order valence-corrected chi connectivity index (χ3v) is 6.74. The molecule has 1 aliphatic heterocycles. The second-order valence-electron chi connectivity index (χ2n) is 11.0. The zero-order valence-corrected chi connectivity index (χ0v) is 24.1. The van der Waals surface area contributed by atoms with Gasteiger partial charge in [-0.05, 0) is 26.8 Å². The largest absolute Gasteiger partial charge is 0.462 e. The molecule has 0 spiro atoms. The predicted molar refractivity (Wildman–Crippen MR) is 146 cm³/mol. The summed E-state index contributed by atoms with van der Waals surface area (Å²) in [5.74, 6) is -0.658. The molecule has 1 N–H and O–H groups in total. The quantitative estimate of drug-likeness (QED) is 0.103. The topological polar surface area (TPSA) is 94.2 Å². The van der Waals surface area contributed by atoms with Crippen molar-refractivity contribution in [2.24, 2.45) is 0 Å². The molecule has 0 aromatic carbocycles. The van der Waals surface area contributed by atoms with E-state index in [1.807, 2.05) is 14.0 Å². The second-order valence-corrected chi connectivity index (χ2v) is 11.0. The lowest BCUT2D eigenvalue weighted by atomic mass is 9.93. The van der Waals surface area contributed by atoms with Crippen LogP contribution in [0.2, 0.25) is 0 Å². The summed E-state index contributed by atoms with van der Waals surface area (Å²) in [7, 11) is 1.98. The Balaban J connectivity index is 2.37. The van der Waals surface area contributed by atoms with E-state index in [4.69, 9.17) is 14.2 Å². The van der Waals surface area contributed by atoms with Crippen LogP contribution in [0.1, 0.15) is 124 Å². The number of likely N-dealkylation sites (N-methyl/N-ethyl adjacent to an activating group) is 1. The third-order valence-electron chi connectivity index (χ3n) is 6.74. The van der Waals surface area contributed by atoms with Crippen LogP contribution in [0.3, 0.4) is 0 Å². The fourth-order valence-corrected chi connectivity index (χ4v) is 4.75. The van der Waals surface area contributed by atoms with Gasteiger partial charge in [-0.3, -0.25) is 9.59 Å². The van der Waals surface area contributed by atoms with E-state index >= 15 is 0 Å². The number of carbonyl (C=O) groups is 3. The first-order valence-corrected chi connectivity index (χ1v) is 14.8. The molecule has 1 amide bonds. The smallest absolute Gasteiger partial charge is 0.407 e. The van der Waals surface area contributed by atoms with E-state index in [9.17, 15) is 14.4 Å². The Bertz CT molecular complexity index is 636. The normalized spacial score (nSPS) is 15.5. The maximum atomic E-state index is 12.4. The Morgan fingerprint density at radius 2 is 1.19 bits per heavy atom. The molecule has 1 heterocycles. The van der Waals surface area contributed by atoms with Gasteiger partial charge in [0.2, 0.25) is 0 Å². The molecule has 0 aromatic heterocycles. The lowest BCUT2D eigenvalue weighted by Crippen LogP contribution is -2.67. The van der Waals surface area contributed by atoms with Crippen LogP contribution in [0, 0.1) is 0 Å². The van der Waals surface area contributed by atoms with Gasteiger partial charge >= 0.3 is 18.0 Å². The first-order chi connectivity index (χ1) is 17.8. The molecule has 8 nitrogen and oxygen atoms in total. The number of hydrogen-bond donors (Lipinski definition) is 1. The van der Waals surface area contributed by atoms with E-state index in [1.165, 1.54) is 51.4 Å². The SMILES string of the molecule is CCCCCCCCCC(=O)OCC(COC(=O)NC1(C)CN(C)C1)OC(=O)CCCCCCCCC. The van der Waals surface area contributed by atoms with Gasteiger partial charge in [0.05, 0.1) is 5.54 Å². The highest BCUT2D eigenvalue weighted by Gasteiger charge is 2.38. The fourth-order valence-electron chi connectivity index (χ4n) is 4.75. The van der Waals surface area contributed by atoms with Gasteiger partial charge in [-0.1, -0.05) is 90.9 Å². The summed E-state index contributed by atoms with van der Waals surface area (Å²) in [4.78, 5) is 39.0. The van der Waals surface area contributed by atoms with Crippen molar-refractivity contribution in [3.05, 3.63) is 0 Å². The summed E-state index contributed by atoms with van der Waals surface area (Å²) < 4.78 is 16.2. The van der Waals surface area contributed by atoms with Gasteiger partial charge in [0.25, 0.3) is 0 Å². The summed E-state index contributed by atoms with van der Waals surface area (Å²) in [6.07, 6.45) is 14.9. The Kier molecular flexibility index (Phi) is 18.1. The number of ether oxygens (including phenoxy) is 3. The van der Waals surface area contributed by atoms with Crippen molar-refractivity contribution in [1.82, 2.24) is 10.2 Å². The van der Waals surface area contributed by atoms with E-state index in [0.29, 0.717) is 12.8 Å². The summed E-state index contributed by atoms with van der Waals surface area (Å²) in [6.45, 7) is 7.58. The van der Waals surface area contributed by atoms with E-state index in [1.54, 1.807) is 0 Å². The van der Waals surface area contributed by atoms with Gasteiger partial charge in [0, 0.05) is 25.9 Å². The van der Waals surface area contributed by atoms with Crippen LogP contribution in [-0.2, 0) is 23.8 Å². The highest BCUT2D eigenvalue weighted by Crippen LogP contribution is 2.18. The molecule has 216 valence electrons. The van der Waals surface area contributed by atoms with Crippen LogP contribution in [0.5, 0.6) is 0 Å². The van der Waals surface area contributed by atoms with Crippen LogP contribution in [0.4, 0.5) is 4.79 Å². The summed E-state index contributed by atoms with van der Waals surface area (Å²) in [5.41, 5.74) is -0.321. The van der Waals surface area contributed by atoms with Gasteiger partial charge in [-0.25, -0.2) is 4.79 Å². The van der Waals surface area contributed by atoms with Gasteiger partial charge in [-0.2, -0.15) is 0 Å². The lowest BCUT2D eigenvalue weighted by molar-refractivity contribution is -0.161. The van der Waals surface area contributed by atoms with Crippen molar-refractivity contribution in [3.63, 3.8) is 0 Å². The molecule has 0 aromatic rings. The minimum Gasteiger partial charge on any atom is -0.462 e. The lowest BCUT2D eigenvalue weighted by Gasteiger charge is -2.46. The van der Waals surface area contributed by atoms with E-state index in [2.05, 4.69) is 24.1 Å². The summed E-state index contributed by atoms with van der Waals surface area (Å²) >= 11 is 0. The molecule has 0 bridgehead atoms. The molecular formula is C29H54N2O6. The van der Waals surface area contributed by atoms with Gasteiger partial charge in [0.15, 0.2) is 6.10 Å². The minimum atomic E-state index is -0.808. The molecule has 8 heteroatoms. The van der Waals surface area contributed by atoms with Crippen molar-refractivity contribution in [3.8, 4) is 0 Å².